The lowest BCUT2D eigenvalue weighted by Crippen LogP contribution is -2.54. The lowest BCUT2D eigenvalue weighted by molar-refractivity contribution is -0.0353. The van der Waals surface area contributed by atoms with Crippen molar-refractivity contribution in [2.24, 2.45) is 5.41 Å². The van der Waals surface area contributed by atoms with E-state index in [-0.39, 0.29) is 6.61 Å². The Hall–Kier alpha value is -1.44. The second kappa shape index (κ2) is 8.50. The van der Waals surface area contributed by atoms with E-state index in [9.17, 15) is 10.2 Å². The van der Waals surface area contributed by atoms with E-state index < -0.39 is 11.5 Å². The van der Waals surface area contributed by atoms with Crippen molar-refractivity contribution >= 4 is 11.8 Å². The van der Waals surface area contributed by atoms with Crippen molar-refractivity contribution in [1.29, 1.82) is 0 Å². The lowest BCUT2D eigenvalue weighted by atomic mass is 9.74. The van der Waals surface area contributed by atoms with Gasteiger partial charge in [0.15, 0.2) is 0 Å². The molecule has 2 aliphatic heterocycles. The maximum atomic E-state index is 10.5. The summed E-state index contributed by atoms with van der Waals surface area (Å²) in [6.07, 6.45) is 2.79. The van der Waals surface area contributed by atoms with Gasteiger partial charge < -0.3 is 24.7 Å². The largest absolute Gasteiger partial charge is 0.396 e. The van der Waals surface area contributed by atoms with Crippen LogP contribution in [0.3, 0.4) is 0 Å². The van der Waals surface area contributed by atoms with Gasteiger partial charge in [0.2, 0.25) is 5.95 Å². The SMILES string of the molecule is CCC[C@@]1(CO)CN(c2cc(CC)nc(N3CCOCC3)n2)CC[C@H]1O. The Morgan fingerprint density at radius 2 is 1.96 bits per heavy atom. The smallest absolute Gasteiger partial charge is 0.227 e. The molecule has 2 aliphatic rings. The molecule has 0 bridgehead atoms. The van der Waals surface area contributed by atoms with E-state index in [4.69, 9.17) is 14.7 Å². The van der Waals surface area contributed by atoms with Gasteiger partial charge in [-0.25, -0.2) is 4.98 Å². The van der Waals surface area contributed by atoms with Crippen LogP contribution in [0.5, 0.6) is 0 Å². The van der Waals surface area contributed by atoms with Crippen LogP contribution >= 0.6 is 0 Å². The molecule has 0 aliphatic carbocycles. The second-order valence-electron chi connectivity index (χ2n) is 7.47. The molecule has 0 unspecified atom stereocenters. The van der Waals surface area contributed by atoms with Crippen molar-refractivity contribution in [2.75, 3.05) is 55.8 Å². The normalized spacial score (nSPS) is 27.0. The van der Waals surface area contributed by atoms with Gasteiger partial charge in [-0.05, 0) is 19.3 Å². The maximum Gasteiger partial charge on any atom is 0.227 e. The number of aryl methyl sites for hydroxylation is 1. The fourth-order valence-corrected chi connectivity index (χ4v) is 4.04. The third-order valence-electron chi connectivity index (χ3n) is 5.68. The highest BCUT2D eigenvalue weighted by atomic mass is 16.5. The van der Waals surface area contributed by atoms with Crippen LogP contribution in [-0.2, 0) is 11.2 Å². The van der Waals surface area contributed by atoms with E-state index in [1.807, 2.05) is 0 Å². The van der Waals surface area contributed by atoms with Crippen LogP contribution in [0.1, 0.15) is 38.8 Å². The number of anilines is 2. The third kappa shape index (κ3) is 3.94. The minimum Gasteiger partial charge on any atom is -0.396 e. The van der Waals surface area contributed by atoms with Crippen LogP contribution in [0, 0.1) is 5.41 Å². The predicted octanol–water partition coefficient (Wildman–Crippen LogP) is 1.23. The number of nitrogens with zero attached hydrogens (tertiary/aromatic N) is 4. The number of piperidine rings is 1. The number of hydrogen-bond acceptors (Lipinski definition) is 7. The van der Waals surface area contributed by atoms with Crippen molar-refractivity contribution in [1.82, 2.24) is 9.97 Å². The van der Waals surface area contributed by atoms with Gasteiger partial charge in [-0.1, -0.05) is 20.3 Å². The molecule has 2 fully saturated rings. The van der Waals surface area contributed by atoms with Crippen LogP contribution in [0.2, 0.25) is 0 Å². The van der Waals surface area contributed by atoms with Crippen LogP contribution in [0.4, 0.5) is 11.8 Å². The first-order chi connectivity index (χ1) is 12.6. The average molecular weight is 364 g/mol. The Labute approximate surface area is 156 Å². The van der Waals surface area contributed by atoms with Crippen LogP contribution in [0.25, 0.3) is 0 Å². The summed E-state index contributed by atoms with van der Waals surface area (Å²) in [7, 11) is 0. The fourth-order valence-electron chi connectivity index (χ4n) is 4.04. The highest BCUT2D eigenvalue weighted by Crippen LogP contribution is 2.36. The number of morpholine rings is 1. The number of aliphatic hydroxyl groups is 2. The summed E-state index contributed by atoms with van der Waals surface area (Å²) >= 11 is 0. The zero-order chi connectivity index (χ0) is 18.6. The van der Waals surface area contributed by atoms with Gasteiger partial charge in [-0.2, -0.15) is 4.98 Å². The molecule has 7 heteroatoms. The van der Waals surface area contributed by atoms with Gasteiger partial charge in [-0.15, -0.1) is 0 Å². The molecular formula is C19H32N4O3. The molecule has 7 nitrogen and oxygen atoms in total. The monoisotopic (exact) mass is 364 g/mol. The summed E-state index contributed by atoms with van der Waals surface area (Å²) in [6, 6.07) is 2.05. The standard InChI is InChI=1S/C19H32N4O3/c1-3-6-19(14-24)13-23(7-5-16(19)25)17-12-15(4-2)20-18(21-17)22-8-10-26-11-9-22/h12,16,24-25H,3-11,13-14H2,1-2H3/t16-,19+/m1/s1. The van der Waals surface area contributed by atoms with Crippen LogP contribution < -0.4 is 9.80 Å². The first-order valence-electron chi connectivity index (χ1n) is 9.86. The molecular weight excluding hydrogens is 332 g/mol. The van der Waals surface area contributed by atoms with E-state index in [0.717, 1.165) is 56.4 Å². The van der Waals surface area contributed by atoms with Crippen molar-refractivity contribution in [3.8, 4) is 0 Å². The van der Waals surface area contributed by atoms with Gasteiger partial charge in [0.25, 0.3) is 0 Å². The molecule has 1 aromatic heterocycles. The van der Waals surface area contributed by atoms with Gasteiger partial charge in [0, 0.05) is 43.4 Å². The van der Waals surface area contributed by atoms with Gasteiger partial charge >= 0.3 is 0 Å². The summed E-state index contributed by atoms with van der Waals surface area (Å²) in [5.41, 5.74) is 0.552. The van der Waals surface area contributed by atoms with Crippen LogP contribution in [-0.4, -0.2) is 72.3 Å². The zero-order valence-corrected chi connectivity index (χ0v) is 16.0. The molecule has 3 heterocycles. The fraction of sp³-hybridized carbons (Fsp3) is 0.789. The zero-order valence-electron chi connectivity index (χ0n) is 16.0. The molecule has 0 amide bonds. The maximum absolute atomic E-state index is 10.5. The van der Waals surface area contributed by atoms with E-state index >= 15 is 0 Å². The number of hydrogen-bond donors (Lipinski definition) is 2. The van der Waals surface area contributed by atoms with Crippen molar-refractivity contribution in [2.45, 2.75) is 45.6 Å². The van der Waals surface area contributed by atoms with E-state index in [0.29, 0.717) is 26.2 Å². The van der Waals surface area contributed by atoms with Crippen molar-refractivity contribution in [3.05, 3.63) is 11.8 Å². The average Bonchev–Trinajstić information content (AvgIpc) is 2.70. The number of ether oxygens (including phenoxy) is 1. The van der Waals surface area contributed by atoms with E-state index in [2.05, 4.69) is 29.7 Å². The quantitative estimate of drug-likeness (QED) is 0.785. The molecule has 2 N–H and O–H groups in total. The van der Waals surface area contributed by atoms with Gasteiger partial charge in [0.1, 0.15) is 5.82 Å². The summed E-state index contributed by atoms with van der Waals surface area (Å²) in [6.45, 7) is 8.59. The topological polar surface area (TPSA) is 82.0 Å². The minimum atomic E-state index is -0.469. The molecule has 0 radical (unpaired) electrons. The van der Waals surface area contributed by atoms with Crippen molar-refractivity contribution in [3.63, 3.8) is 0 Å². The molecule has 0 saturated carbocycles. The summed E-state index contributed by atoms with van der Waals surface area (Å²) < 4.78 is 5.44. The highest BCUT2D eigenvalue weighted by molar-refractivity contribution is 5.47. The van der Waals surface area contributed by atoms with E-state index in [1.54, 1.807) is 0 Å². The molecule has 2 atom stereocenters. The molecule has 0 aromatic carbocycles. The Balaban J connectivity index is 1.87. The van der Waals surface area contributed by atoms with Crippen molar-refractivity contribution < 1.29 is 14.9 Å². The molecule has 1 aromatic rings. The van der Waals surface area contributed by atoms with Crippen LogP contribution in [0.15, 0.2) is 6.07 Å². The second-order valence-corrected chi connectivity index (χ2v) is 7.47. The minimum absolute atomic E-state index is 0.000542. The Kier molecular flexibility index (Phi) is 6.32. The third-order valence-corrected chi connectivity index (χ3v) is 5.68. The highest BCUT2D eigenvalue weighted by Gasteiger charge is 2.42. The lowest BCUT2D eigenvalue weighted by Gasteiger charge is -2.46. The first kappa shape index (κ1) is 19.3. The molecule has 26 heavy (non-hydrogen) atoms. The van der Waals surface area contributed by atoms with Gasteiger partial charge in [-0.3, -0.25) is 0 Å². The molecule has 2 saturated heterocycles. The number of aliphatic hydroxyl groups excluding tert-OH is 2. The summed E-state index contributed by atoms with van der Waals surface area (Å²) in [5.74, 6) is 1.66. The Morgan fingerprint density at radius 3 is 2.62 bits per heavy atom. The summed E-state index contributed by atoms with van der Waals surface area (Å²) in [4.78, 5) is 13.9. The Morgan fingerprint density at radius 1 is 1.19 bits per heavy atom. The Bertz CT molecular complexity index is 594. The molecule has 3 rings (SSSR count). The molecule has 146 valence electrons. The number of rotatable bonds is 6. The predicted molar refractivity (Wildman–Crippen MR) is 102 cm³/mol. The first-order valence-corrected chi connectivity index (χ1v) is 9.86. The van der Waals surface area contributed by atoms with Gasteiger partial charge in [0.05, 0.1) is 25.9 Å². The summed E-state index contributed by atoms with van der Waals surface area (Å²) in [5, 5.41) is 20.6. The van der Waals surface area contributed by atoms with E-state index in [1.165, 1.54) is 0 Å². The molecule has 0 spiro atoms. The number of aromatic nitrogens is 2.